The second kappa shape index (κ2) is 13.0. The van der Waals surface area contributed by atoms with Crippen molar-refractivity contribution in [3.05, 3.63) is 84.2 Å². The number of amides is 1. The molecule has 10 nitrogen and oxygen atoms in total. The van der Waals surface area contributed by atoms with Gasteiger partial charge in [0.05, 0.1) is 0 Å². The Labute approximate surface area is 260 Å². The molecule has 0 atom stereocenters. The number of aromatic nitrogens is 2. The summed E-state index contributed by atoms with van der Waals surface area (Å²) in [6.07, 6.45) is 0.136. The van der Waals surface area contributed by atoms with Gasteiger partial charge in [0.2, 0.25) is 5.82 Å². The number of carboxylic acids is 1. The van der Waals surface area contributed by atoms with Gasteiger partial charge in [0.15, 0.2) is 12.0 Å². The van der Waals surface area contributed by atoms with E-state index in [1.54, 1.807) is 32.9 Å². The number of piperidine rings is 1. The van der Waals surface area contributed by atoms with Gasteiger partial charge >= 0.3 is 11.9 Å². The topological polar surface area (TPSA) is 135 Å². The Kier molecular flexibility index (Phi) is 9.10. The zero-order valence-electron chi connectivity index (χ0n) is 25.4. The first-order valence-corrected chi connectivity index (χ1v) is 14.7. The first-order chi connectivity index (χ1) is 21.4. The smallest absolute Gasteiger partial charge is 0.324 e. The average molecular weight is 615 g/mol. The summed E-state index contributed by atoms with van der Waals surface area (Å²) < 4.78 is 25.4. The predicted molar refractivity (Wildman–Crippen MR) is 164 cm³/mol. The van der Waals surface area contributed by atoms with E-state index in [1.165, 1.54) is 6.07 Å². The van der Waals surface area contributed by atoms with Gasteiger partial charge in [-0.05, 0) is 56.9 Å². The fourth-order valence-corrected chi connectivity index (χ4v) is 5.30. The summed E-state index contributed by atoms with van der Waals surface area (Å²) in [5.74, 6) is -2.44. The number of nitrogens with zero attached hydrogens (tertiary/aromatic N) is 3. The van der Waals surface area contributed by atoms with E-state index in [2.05, 4.69) is 20.4 Å². The van der Waals surface area contributed by atoms with Crippen LogP contribution in [0.5, 0.6) is 0 Å². The van der Waals surface area contributed by atoms with Gasteiger partial charge in [0, 0.05) is 41.9 Å². The maximum atomic E-state index is 14.9. The summed E-state index contributed by atoms with van der Waals surface area (Å²) >= 11 is 0. The van der Waals surface area contributed by atoms with Crippen LogP contribution in [0.15, 0.2) is 77.3 Å². The molecule has 4 aromatic rings. The number of ether oxygens (including phenoxy) is 1. The van der Waals surface area contributed by atoms with E-state index in [4.69, 9.17) is 9.26 Å². The van der Waals surface area contributed by atoms with Crippen LogP contribution in [0.3, 0.4) is 0 Å². The molecule has 1 fully saturated rings. The lowest BCUT2D eigenvalue weighted by molar-refractivity contribution is -0.174. The number of halogens is 1. The zero-order valence-corrected chi connectivity index (χ0v) is 25.4. The lowest BCUT2D eigenvalue weighted by Crippen LogP contribution is -2.50. The number of nitrogens with one attached hydrogen (secondary N) is 1. The number of hydrogen-bond donors (Lipinski definition) is 2. The molecule has 45 heavy (non-hydrogen) atoms. The average Bonchev–Trinajstić information content (AvgIpc) is 3.51. The zero-order chi connectivity index (χ0) is 32.2. The minimum absolute atomic E-state index is 0.0682. The highest BCUT2D eigenvalue weighted by Gasteiger charge is 2.49. The fourth-order valence-electron chi connectivity index (χ4n) is 5.30. The number of aliphatic carboxylic acids is 1. The molecular weight excluding hydrogens is 579 g/mol. The maximum Gasteiger partial charge on any atom is 0.324 e. The maximum absolute atomic E-state index is 14.9. The van der Waals surface area contributed by atoms with Crippen LogP contribution < -0.4 is 5.32 Å². The van der Waals surface area contributed by atoms with E-state index in [0.29, 0.717) is 36.6 Å². The van der Waals surface area contributed by atoms with E-state index in [-0.39, 0.29) is 24.5 Å². The van der Waals surface area contributed by atoms with Gasteiger partial charge in [-0.25, -0.2) is 4.39 Å². The summed E-state index contributed by atoms with van der Waals surface area (Å²) in [4.78, 5) is 43.5. The number of hydrogen-bond acceptors (Lipinski definition) is 8. The lowest BCUT2D eigenvalue weighted by atomic mass is 9.78. The second-order valence-corrected chi connectivity index (χ2v) is 12.2. The second-order valence-electron chi connectivity index (χ2n) is 12.2. The minimum atomic E-state index is -1.69. The van der Waals surface area contributed by atoms with Crippen molar-refractivity contribution in [1.82, 2.24) is 20.4 Å². The molecule has 0 saturated carbocycles. The molecule has 5 rings (SSSR count). The highest BCUT2D eigenvalue weighted by molar-refractivity contribution is 6.00. The van der Waals surface area contributed by atoms with Gasteiger partial charge in [-0.15, -0.1) is 0 Å². The standard InChI is InChI=1S/C34H35FN4O6/c1-33(2,3)37-28(40)21-44-32(43)34(31(41)42)15-17-39(18-16-34)20-22-9-11-24(12-10-22)29-36-30(45-38-29)25-13-14-26(27(35)19-25)23-7-5-4-6-8-23/h4-14,19H,15-18,20-21H2,1-3H3,(H,37,40)(H,41,42). The summed E-state index contributed by atoms with van der Waals surface area (Å²) in [5, 5.41) is 16.7. The van der Waals surface area contributed by atoms with Gasteiger partial charge in [0.1, 0.15) is 5.82 Å². The fraction of sp³-hybridized carbons (Fsp3) is 0.324. The molecule has 2 heterocycles. The number of rotatable bonds is 9. The van der Waals surface area contributed by atoms with Gasteiger partial charge < -0.3 is 19.7 Å². The number of benzene rings is 3. The molecule has 1 saturated heterocycles. The van der Waals surface area contributed by atoms with Crippen LogP contribution in [0.1, 0.15) is 39.2 Å². The monoisotopic (exact) mass is 614 g/mol. The van der Waals surface area contributed by atoms with Crippen LogP contribution in [-0.4, -0.2) is 63.2 Å². The van der Waals surface area contributed by atoms with Crippen LogP contribution in [0.4, 0.5) is 4.39 Å². The predicted octanol–water partition coefficient (Wildman–Crippen LogP) is 5.33. The summed E-state index contributed by atoms with van der Waals surface area (Å²) in [6.45, 7) is 6.14. The van der Waals surface area contributed by atoms with Crippen molar-refractivity contribution in [2.45, 2.75) is 45.7 Å². The highest BCUT2D eigenvalue weighted by Crippen LogP contribution is 2.34. The Balaban J connectivity index is 1.17. The molecule has 3 aromatic carbocycles. The number of carboxylic acid groups (broad SMARTS) is 1. The molecule has 234 valence electrons. The van der Waals surface area contributed by atoms with Crippen LogP contribution in [0, 0.1) is 11.2 Å². The molecular formula is C34H35FN4O6. The number of carbonyl (C=O) groups is 3. The molecule has 0 bridgehead atoms. The van der Waals surface area contributed by atoms with Crippen molar-refractivity contribution in [2.24, 2.45) is 5.41 Å². The van der Waals surface area contributed by atoms with Crippen LogP contribution >= 0.6 is 0 Å². The van der Waals surface area contributed by atoms with Crippen molar-refractivity contribution >= 4 is 17.8 Å². The number of esters is 1. The van der Waals surface area contributed by atoms with Crippen molar-refractivity contribution < 1.29 is 33.1 Å². The van der Waals surface area contributed by atoms with Crippen molar-refractivity contribution in [2.75, 3.05) is 19.7 Å². The summed E-state index contributed by atoms with van der Waals surface area (Å²) in [6, 6.07) is 21.6. The van der Waals surface area contributed by atoms with Gasteiger partial charge in [-0.2, -0.15) is 4.98 Å². The third kappa shape index (κ3) is 7.43. The van der Waals surface area contributed by atoms with Gasteiger partial charge in [-0.1, -0.05) is 65.8 Å². The Morgan fingerprint density at radius 1 is 0.978 bits per heavy atom. The number of likely N-dealkylation sites (tertiary alicyclic amines) is 1. The summed E-state index contributed by atoms with van der Waals surface area (Å²) in [7, 11) is 0. The first-order valence-electron chi connectivity index (χ1n) is 14.7. The molecule has 1 aromatic heterocycles. The third-order valence-corrected chi connectivity index (χ3v) is 7.70. The van der Waals surface area contributed by atoms with Crippen molar-refractivity contribution in [1.29, 1.82) is 0 Å². The lowest BCUT2D eigenvalue weighted by Gasteiger charge is -2.37. The van der Waals surface area contributed by atoms with Gasteiger partial charge in [-0.3, -0.25) is 19.3 Å². The molecule has 11 heteroatoms. The Morgan fingerprint density at radius 3 is 2.27 bits per heavy atom. The molecule has 2 N–H and O–H groups in total. The Bertz CT molecular complexity index is 1670. The van der Waals surface area contributed by atoms with Gasteiger partial charge in [0.25, 0.3) is 11.8 Å². The van der Waals surface area contributed by atoms with Crippen molar-refractivity contribution in [3.8, 4) is 34.0 Å². The Hall–Kier alpha value is -4.90. The van der Waals surface area contributed by atoms with E-state index < -0.39 is 35.4 Å². The quantitative estimate of drug-likeness (QED) is 0.189. The molecule has 1 aliphatic heterocycles. The molecule has 0 aliphatic carbocycles. The van der Waals surface area contributed by atoms with E-state index in [0.717, 1.165) is 16.7 Å². The minimum Gasteiger partial charge on any atom is -0.480 e. The first kappa shape index (κ1) is 31.5. The molecule has 0 radical (unpaired) electrons. The largest absolute Gasteiger partial charge is 0.480 e. The van der Waals surface area contributed by atoms with E-state index >= 15 is 0 Å². The van der Waals surface area contributed by atoms with Crippen LogP contribution in [0.25, 0.3) is 34.0 Å². The third-order valence-electron chi connectivity index (χ3n) is 7.70. The highest BCUT2D eigenvalue weighted by atomic mass is 19.1. The molecule has 1 aliphatic rings. The molecule has 0 spiro atoms. The van der Waals surface area contributed by atoms with Crippen LogP contribution in [-0.2, 0) is 25.7 Å². The SMILES string of the molecule is CC(C)(C)NC(=O)COC(=O)C1(C(=O)O)CCN(Cc2ccc(-c3noc(-c4ccc(-c5ccccc5)c(F)c4)n3)cc2)CC1. The molecule has 0 unspecified atom stereocenters. The van der Waals surface area contributed by atoms with Crippen LogP contribution in [0.2, 0.25) is 0 Å². The van der Waals surface area contributed by atoms with E-state index in [9.17, 15) is 23.9 Å². The van der Waals surface area contributed by atoms with E-state index in [1.807, 2.05) is 54.6 Å². The summed E-state index contributed by atoms with van der Waals surface area (Å²) in [5.41, 5.74) is 1.24. The number of carbonyl (C=O) groups excluding carboxylic acids is 2. The van der Waals surface area contributed by atoms with Crippen molar-refractivity contribution in [3.63, 3.8) is 0 Å². The Morgan fingerprint density at radius 2 is 1.64 bits per heavy atom. The normalized spacial score (nSPS) is 14.9. The molecule has 1 amide bonds.